The maximum Gasteiger partial charge on any atom is 0.337 e. The third-order valence-corrected chi connectivity index (χ3v) is 4.10. The standard InChI is InChI=1S/C13H16N2O3S/c1-3-19-7-8(2)15-11-9(12(16)17)5-4-6-10(11)14-13(15)18/h4-6,8H,3,7H2,1-2H3,(H,14,18)(H,16,17). The molecule has 2 rings (SSSR count). The van der Waals surface area contributed by atoms with E-state index in [0.717, 1.165) is 11.5 Å². The van der Waals surface area contributed by atoms with Crippen LogP contribution in [-0.2, 0) is 0 Å². The maximum atomic E-state index is 12.0. The smallest absolute Gasteiger partial charge is 0.337 e. The number of para-hydroxylation sites is 1. The molecule has 2 aromatic rings. The molecule has 6 heteroatoms. The second-order valence-corrected chi connectivity index (χ2v) is 5.63. The molecule has 0 fully saturated rings. The molecule has 1 aromatic heterocycles. The lowest BCUT2D eigenvalue weighted by molar-refractivity contribution is 0.0698. The van der Waals surface area contributed by atoms with E-state index in [1.165, 1.54) is 6.07 Å². The number of carbonyl (C=O) groups is 1. The summed E-state index contributed by atoms with van der Waals surface area (Å²) in [6.07, 6.45) is 0. The highest BCUT2D eigenvalue weighted by Gasteiger charge is 2.18. The van der Waals surface area contributed by atoms with Gasteiger partial charge in [-0.25, -0.2) is 9.59 Å². The molecule has 2 N–H and O–H groups in total. The van der Waals surface area contributed by atoms with Crippen molar-refractivity contribution in [2.24, 2.45) is 0 Å². The van der Waals surface area contributed by atoms with E-state index >= 15 is 0 Å². The summed E-state index contributed by atoms with van der Waals surface area (Å²) in [6, 6.07) is 4.83. The lowest BCUT2D eigenvalue weighted by Gasteiger charge is -2.13. The number of imidazole rings is 1. The van der Waals surface area contributed by atoms with Gasteiger partial charge in [0.05, 0.1) is 16.6 Å². The minimum absolute atomic E-state index is 0.0494. The number of aromatic carboxylic acids is 1. The van der Waals surface area contributed by atoms with Crippen molar-refractivity contribution in [2.45, 2.75) is 19.9 Å². The number of aromatic nitrogens is 2. The summed E-state index contributed by atoms with van der Waals surface area (Å²) in [5.41, 5.74) is 0.944. The van der Waals surface area contributed by atoms with Crippen LogP contribution in [0.25, 0.3) is 11.0 Å². The molecule has 0 spiro atoms. The van der Waals surface area contributed by atoms with Gasteiger partial charge in [-0.05, 0) is 24.8 Å². The van der Waals surface area contributed by atoms with E-state index in [0.29, 0.717) is 11.0 Å². The molecule has 1 atom stereocenters. The van der Waals surface area contributed by atoms with Crippen LogP contribution in [0.4, 0.5) is 0 Å². The highest BCUT2D eigenvalue weighted by molar-refractivity contribution is 7.99. The molecule has 1 heterocycles. The van der Waals surface area contributed by atoms with Gasteiger partial charge in [0, 0.05) is 11.8 Å². The number of carboxylic acids is 1. The summed E-state index contributed by atoms with van der Waals surface area (Å²) >= 11 is 1.72. The first kappa shape index (κ1) is 13.7. The summed E-state index contributed by atoms with van der Waals surface area (Å²) in [4.78, 5) is 26.0. The quantitative estimate of drug-likeness (QED) is 0.881. The van der Waals surface area contributed by atoms with Crippen molar-refractivity contribution in [1.29, 1.82) is 0 Å². The van der Waals surface area contributed by atoms with Crippen LogP contribution in [0, 0.1) is 0 Å². The Morgan fingerprint density at radius 3 is 2.89 bits per heavy atom. The third kappa shape index (κ3) is 2.53. The Morgan fingerprint density at radius 2 is 2.26 bits per heavy atom. The van der Waals surface area contributed by atoms with E-state index in [-0.39, 0.29) is 17.3 Å². The lowest BCUT2D eigenvalue weighted by atomic mass is 10.1. The number of fused-ring (bicyclic) bond motifs is 1. The molecular weight excluding hydrogens is 264 g/mol. The van der Waals surface area contributed by atoms with Gasteiger partial charge in [-0.2, -0.15) is 11.8 Å². The van der Waals surface area contributed by atoms with Crippen LogP contribution in [0.5, 0.6) is 0 Å². The van der Waals surface area contributed by atoms with Crippen molar-refractivity contribution in [3.63, 3.8) is 0 Å². The molecule has 0 aliphatic rings. The lowest BCUT2D eigenvalue weighted by Crippen LogP contribution is -2.22. The van der Waals surface area contributed by atoms with Gasteiger partial charge in [-0.3, -0.25) is 4.57 Å². The van der Waals surface area contributed by atoms with E-state index < -0.39 is 5.97 Å². The minimum atomic E-state index is -1.02. The highest BCUT2D eigenvalue weighted by Crippen LogP contribution is 2.21. The zero-order chi connectivity index (χ0) is 14.0. The monoisotopic (exact) mass is 280 g/mol. The van der Waals surface area contributed by atoms with E-state index in [1.54, 1.807) is 28.5 Å². The Hall–Kier alpha value is -1.69. The largest absolute Gasteiger partial charge is 0.478 e. The van der Waals surface area contributed by atoms with Crippen LogP contribution >= 0.6 is 11.8 Å². The number of aromatic amines is 1. The van der Waals surface area contributed by atoms with Crippen molar-refractivity contribution in [2.75, 3.05) is 11.5 Å². The predicted octanol–water partition coefficient (Wildman–Crippen LogP) is 2.34. The van der Waals surface area contributed by atoms with Gasteiger partial charge < -0.3 is 10.1 Å². The fraction of sp³-hybridized carbons (Fsp3) is 0.385. The molecule has 0 bridgehead atoms. The average molecular weight is 280 g/mol. The first-order chi connectivity index (χ1) is 9.06. The third-order valence-electron chi connectivity index (χ3n) is 2.97. The minimum Gasteiger partial charge on any atom is -0.478 e. The summed E-state index contributed by atoms with van der Waals surface area (Å²) in [5.74, 6) is 0.721. The summed E-state index contributed by atoms with van der Waals surface area (Å²) < 4.78 is 1.54. The molecule has 1 aromatic carbocycles. The molecule has 0 amide bonds. The van der Waals surface area contributed by atoms with Gasteiger partial charge >= 0.3 is 11.7 Å². The topological polar surface area (TPSA) is 75.1 Å². The highest BCUT2D eigenvalue weighted by atomic mass is 32.2. The van der Waals surface area contributed by atoms with Crippen LogP contribution in [0.15, 0.2) is 23.0 Å². The molecule has 0 radical (unpaired) electrons. The SMILES string of the molecule is CCSCC(C)n1c(=O)[nH]c2cccc(C(=O)O)c21. The Kier molecular flexibility index (Phi) is 3.99. The summed E-state index contributed by atoms with van der Waals surface area (Å²) in [6.45, 7) is 3.98. The molecule has 1 unspecified atom stereocenters. The second kappa shape index (κ2) is 5.52. The molecule has 0 aliphatic carbocycles. The summed E-state index contributed by atoms with van der Waals surface area (Å²) in [5, 5.41) is 9.24. The van der Waals surface area contributed by atoms with Crippen molar-refractivity contribution < 1.29 is 9.90 Å². The van der Waals surface area contributed by atoms with Crippen molar-refractivity contribution in [3.8, 4) is 0 Å². The Morgan fingerprint density at radius 1 is 1.53 bits per heavy atom. The number of carboxylic acid groups (broad SMARTS) is 1. The normalized spacial score (nSPS) is 12.7. The Balaban J connectivity index is 2.62. The van der Waals surface area contributed by atoms with E-state index in [1.807, 2.05) is 6.92 Å². The van der Waals surface area contributed by atoms with Crippen molar-refractivity contribution >= 4 is 28.8 Å². The maximum absolute atomic E-state index is 12.0. The zero-order valence-electron chi connectivity index (χ0n) is 10.8. The fourth-order valence-electron chi connectivity index (χ4n) is 2.14. The van der Waals surface area contributed by atoms with Crippen LogP contribution in [-0.4, -0.2) is 32.1 Å². The number of hydrogen-bond donors (Lipinski definition) is 2. The predicted molar refractivity (Wildman–Crippen MR) is 77.2 cm³/mol. The first-order valence-corrected chi connectivity index (χ1v) is 7.26. The van der Waals surface area contributed by atoms with E-state index in [2.05, 4.69) is 11.9 Å². The number of nitrogens with zero attached hydrogens (tertiary/aromatic N) is 1. The van der Waals surface area contributed by atoms with Crippen LogP contribution in [0.1, 0.15) is 30.2 Å². The number of benzene rings is 1. The van der Waals surface area contributed by atoms with Gasteiger partial charge in [0.1, 0.15) is 0 Å². The molecule has 19 heavy (non-hydrogen) atoms. The molecular formula is C13H16N2O3S. The molecule has 0 aliphatic heterocycles. The van der Waals surface area contributed by atoms with Crippen molar-refractivity contribution in [3.05, 3.63) is 34.2 Å². The average Bonchev–Trinajstić information content (AvgIpc) is 2.71. The first-order valence-electron chi connectivity index (χ1n) is 6.10. The van der Waals surface area contributed by atoms with Gasteiger partial charge in [0.15, 0.2) is 0 Å². The number of hydrogen-bond acceptors (Lipinski definition) is 3. The number of thioether (sulfide) groups is 1. The molecule has 0 saturated carbocycles. The van der Waals surface area contributed by atoms with E-state index in [9.17, 15) is 14.7 Å². The van der Waals surface area contributed by atoms with Crippen LogP contribution in [0.3, 0.4) is 0 Å². The second-order valence-electron chi connectivity index (χ2n) is 4.32. The van der Waals surface area contributed by atoms with Gasteiger partial charge in [0.25, 0.3) is 0 Å². The van der Waals surface area contributed by atoms with Gasteiger partial charge in [-0.15, -0.1) is 0 Å². The summed E-state index contributed by atoms with van der Waals surface area (Å²) in [7, 11) is 0. The van der Waals surface area contributed by atoms with Crippen LogP contribution in [0.2, 0.25) is 0 Å². The number of nitrogens with one attached hydrogen (secondary N) is 1. The van der Waals surface area contributed by atoms with Gasteiger partial charge in [-0.1, -0.05) is 13.0 Å². The fourth-order valence-corrected chi connectivity index (χ4v) is 2.86. The number of rotatable bonds is 5. The zero-order valence-corrected chi connectivity index (χ0v) is 11.7. The van der Waals surface area contributed by atoms with Gasteiger partial charge in [0.2, 0.25) is 0 Å². The Labute approximate surface area is 114 Å². The van der Waals surface area contributed by atoms with Crippen LogP contribution < -0.4 is 5.69 Å². The number of H-pyrrole nitrogens is 1. The molecule has 5 nitrogen and oxygen atoms in total. The molecule has 0 saturated heterocycles. The Bertz CT molecular complexity index is 659. The van der Waals surface area contributed by atoms with Crippen molar-refractivity contribution in [1.82, 2.24) is 9.55 Å². The van der Waals surface area contributed by atoms with E-state index in [4.69, 9.17) is 0 Å². The molecule has 102 valence electrons.